The van der Waals surface area contributed by atoms with Crippen LogP contribution in [0.3, 0.4) is 0 Å². The first-order valence-electron chi connectivity index (χ1n) is 7.16. The van der Waals surface area contributed by atoms with Crippen LogP contribution in [-0.4, -0.2) is 23.4 Å². The van der Waals surface area contributed by atoms with Crippen molar-refractivity contribution in [2.24, 2.45) is 4.99 Å². The fourth-order valence-corrected chi connectivity index (χ4v) is 3.14. The van der Waals surface area contributed by atoms with Crippen molar-refractivity contribution in [2.45, 2.75) is 13.0 Å². The van der Waals surface area contributed by atoms with Crippen molar-refractivity contribution in [3.8, 4) is 0 Å². The molecule has 1 aromatic heterocycles. The first-order chi connectivity index (χ1) is 11.6. The first kappa shape index (κ1) is 17.0. The lowest BCUT2D eigenvalue weighted by Crippen LogP contribution is -2.28. The Morgan fingerprint density at radius 2 is 2.21 bits per heavy atom. The van der Waals surface area contributed by atoms with Gasteiger partial charge in [-0.15, -0.1) is 11.3 Å². The Bertz CT molecular complexity index is 819. The second-order valence-corrected chi connectivity index (χ2v) is 6.56. The summed E-state index contributed by atoms with van der Waals surface area (Å²) in [7, 11) is 0. The fraction of sp³-hybridized carbons (Fsp3) is 0.188. The van der Waals surface area contributed by atoms with Crippen LogP contribution in [0.1, 0.15) is 23.5 Å². The summed E-state index contributed by atoms with van der Waals surface area (Å²) in [6.07, 6.45) is 3.30. The van der Waals surface area contributed by atoms with Gasteiger partial charge in [0.15, 0.2) is 10.8 Å². The molecule has 0 unspecified atom stereocenters. The number of aromatic nitrogens is 1. The topological polar surface area (TPSA) is 63.6 Å². The molecule has 5 nitrogen and oxygen atoms in total. The van der Waals surface area contributed by atoms with Crippen LogP contribution in [-0.2, 0) is 9.53 Å². The van der Waals surface area contributed by atoms with Gasteiger partial charge in [-0.25, -0.2) is 9.78 Å². The number of halogens is 2. The molecule has 1 N–H and O–H groups in total. The maximum atomic E-state index is 12.3. The number of carbonyl (C=O) groups is 1. The zero-order valence-corrected chi connectivity index (χ0v) is 15.0. The van der Waals surface area contributed by atoms with Gasteiger partial charge in [-0.05, 0) is 24.6 Å². The lowest BCUT2D eigenvalue weighted by Gasteiger charge is -2.22. The van der Waals surface area contributed by atoms with E-state index in [1.165, 1.54) is 11.3 Å². The van der Waals surface area contributed by atoms with Gasteiger partial charge in [0.05, 0.1) is 22.2 Å². The Morgan fingerprint density at radius 1 is 1.38 bits per heavy atom. The van der Waals surface area contributed by atoms with E-state index in [4.69, 9.17) is 27.9 Å². The van der Waals surface area contributed by atoms with Gasteiger partial charge >= 0.3 is 5.97 Å². The van der Waals surface area contributed by atoms with E-state index >= 15 is 0 Å². The molecule has 124 valence electrons. The minimum absolute atomic E-state index is 0.285. The van der Waals surface area contributed by atoms with Crippen LogP contribution in [0.4, 0.5) is 0 Å². The van der Waals surface area contributed by atoms with Crippen molar-refractivity contribution in [2.75, 3.05) is 6.61 Å². The van der Waals surface area contributed by atoms with E-state index in [1.807, 2.05) is 5.38 Å². The summed E-state index contributed by atoms with van der Waals surface area (Å²) >= 11 is 13.6. The molecule has 2 aromatic rings. The van der Waals surface area contributed by atoms with Crippen LogP contribution >= 0.6 is 34.5 Å². The Morgan fingerprint density at radius 3 is 2.88 bits per heavy atom. The van der Waals surface area contributed by atoms with E-state index in [1.54, 1.807) is 37.5 Å². The SMILES string of the molecule is CCOC(=O)C1=CNC(c2nccs2)=N[C@H]1c1ccc(Cl)c(Cl)c1. The summed E-state index contributed by atoms with van der Waals surface area (Å²) in [5, 5.41) is 6.46. The number of ether oxygens (including phenoxy) is 1. The summed E-state index contributed by atoms with van der Waals surface area (Å²) in [5.41, 5.74) is 1.15. The van der Waals surface area contributed by atoms with E-state index in [0.717, 1.165) is 10.6 Å². The molecule has 0 fully saturated rings. The molecular formula is C16H13Cl2N3O2S. The number of benzene rings is 1. The van der Waals surface area contributed by atoms with Crippen molar-refractivity contribution in [3.05, 3.63) is 62.2 Å². The Hall–Kier alpha value is -1.89. The number of aliphatic imine (C=N–C) groups is 1. The molecule has 0 aliphatic carbocycles. The summed E-state index contributed by atoms with van der Waals surface area (Å²) in [5.74, 6) is 0.164. The molecule has 1 aromatic carbocycles. The average Bonchev–Trinajstić information content (AvgIpc) is 3.11. The molecule has 1 atom stereocenters. The monoisotopic (exact) mass is 381 g/mol. The average molecular weight is 382 g/mol. The number of rotatable bonds is 4. The molecule has 24 heavy (non-hydrogen) atoms. The van der Waals surface area contributed by atoms with Gasteiger partial charge < -0.3 is 10.1 Å². The van der Waals surface area contributed by atoms with Crippen LogP contribution in [0.25, 0.3) is 0 Å². The lowest BCUT2D eigenvalue weighted by molar-refractivity contribution is -0.138. The minimum atomic E-state index is -0.543. The van der Waals surface area contributed by atoms with Crippen LogP contribution in [0.5, 0.6) is 0 Å². The van der Waals surface area contributed by atoms with Crippen LogP contribution < -0.4 is 5.32 Å². The molecule has 1 aliphatic heterocycles. The third-order valence-corrected chi connectivity index (χ3v) is 4.84. The first-order valence-corrected chi connectivity index (χ1v) is 8.80. The van der Waals surface area contributed by atoms with E-state index in [9.17, 15) is 4.79 Å². The van der Waals surface area contributed by atoms with Crippen LogP contribution in [0, 0.1) is 0 Å². The van der Waals surface area contributed by atoms with E-state index in [-0.39, 0.29) is 6.61 Å². The summed E-state index contributed by atoms with van der Waals surface area (Å²) in [6.45, 7) is 2.04. The maximum absolute atomic E-state index is 12.3. The second kappa shape index (κ2) is 7.34. The highest BCUT2D eigenvalue weighted by Gasteiger charge is 2.28. The molecule has 0 spiro atoms. The van der Waals surface area contributed by atoms with Crippen LogP contribution in [0.15, 0.2) is 46.5 Å². The molecule has 0 radical (unpaired) electrons. The number of esters is 1. The highest BCUT2D eigenvalue weighted by molar-refractivity contribution is 7.11. The van der Waals surface area contributed by atoms with E-state index in [0.29, 0.717) is 21.5 Å². The number of amidine groups is 1. The van der Waals surface area contributed by atoms with Gasteiger partial charge in [0.25, 0.3) is 0 Å². The molecule has 1 aliphatic rings. The number of thiazole rings is 1. The zero-order chi connectivity index (χ0) is 17.1. The highest BCUT2D eigenvalue weighted by atomic mass is 35.5. The van der Waals surface area contributed by atoms with Gasteiger partial charge in [0.2, 0.25) is 0 Å². The third kappa shape index (κ3) is 3.45. The number of hydrogen-bond donors (Lipinski definition) is 1. The predicted molar refractivity (Wildman–Crippen MR) is 95.7 cm³/mol. The molecule has 0 amide bonds. The Kier molecular flexibility index (Phi) is 5.18. The summed E-state index contributed by atoms with van der Waals surface area (Å²) in [4.78, 5) is 21.1. The Labute approximate surface area is 153 Å². The summed E-state index contributed by atoms with van der Waals surface area (Å²) in [6, 6.07) is 4.64. The summed E-state index contributed by atoms with van der Waals surface area (Å²) < 4.78 is 5.12. The molecule has 0 saturated heterocycles. The number of carbonyl (C=O) groups excluding carboxylic acids is 1. The van der Waals surface area contributed by atoms with Gasteiger partial charge in [-0.3, -0.25) is 4.99 Å². The fourth-order valence-electron chi connectivity index (χ4n) is 2.24. The van der Waals surface area contributed by atoms with Crippen molar-refractivity contribution in [3.63, 3.8) is 0 Å². The molecule has 8 heteroatoms. The number of hydrogen-bond acceptors (Lipinski definition) is 6. The predicted octanol–water partition coefficient (Wildman–Crippen LogP) is 3.99. The van der Waals surface area contributed by atoms with Crippen molar-refractivity contribution in [1.82, 2.24) is 10.3 Å². The van der Waals surface area contributed by atoms with Crippen LogP contribution in [0.2, 0.25) is 10.0 Å². The van der Waals surface area contributed by atoms with Crippen molar-refractivity contribution >= 4 is 46.3 Å². The molecule has 0 saturated carbocycles. The lowest BCUT2D eigenvalue weighted by atomic mass is 9.99. The van der Waals surface area contributed by atoms with Gasteiger partial charge in [0.1, 0.15) is 6.04 Å². The third-order valence-electron chi connectivity index (χ3n) is 3.32. The van der Waals surface area contributed by atoms with E-state index in [2.05, 4.69) is 15.3 Å². The number of nitrogens with one attached hydrogen (secondary N) is 1. The van der Waals surface area contributed by atoms with Gasteiger partial charge in [0, 0.05) is 17.8 Å². The van der Waals surface area contributed by atoms with Crippen molar-refractivity contribution < 1.29 is 9.53 Å². The molecule has 0 bridgehead atoms. The normalized spacial score (nSPS) is 16.9. The van der Waals surface area contributed by atoms with Gasteiger partial charge in [-0.1, -0.05) is 29.3 Å². The quantitative estimate of drug-likeness (QED) is 0.813. The second-order valence-electron chi connectivity index (χ2n) is 4.86. The number of nitrogens with zero attached hydrogens (tertiary/aromatic N) is 2. The van der Waals surface area contributed by atoms with Crippen molar-refractivity contribution in [1.29, 1.82) is 0 Å². The Balaban J connectivity index is 2.02. The van der Waals surface area contributed by atoms with Gasteiger partial charge in [-0.2, -0.15) is 0 Å². The zero-order valence-electron chi connectivity index (χ0n) is 12.6. The standard InChI is InChI=1S/C16H13Cl2N3O2S/c1-2-23-16(22)10-8-20-14(15-19-5-6-24-15)21-13(10)9-3-4-11(17)12(18)7-9/h3-8,13H,2H2,1H3,(H,20,21)/t13-/m0/s1. The van der Waals surface area contributed by atoms with E-state index < -0.39 is 12.0 Å². The highest BCUT2D eigenvalue weighted by Crippen LogP contribution is 2.33. The largest absolute Gasteiger partial charge is 0.463 e. The maximum Gasteiger partial charge on any atom is 0.338 e. The molecular weight excluding hydrogens is 369 g/mol. The molecule has 3 rings (SSSR count). The smallest absolute Gasteiger partial charge is 0.338 e. The minimum Gasteiger partial charge on any atom is -0.463 e. The molecule has 2 heterocycles.